The van der Waals surface area contributed by atoms with Crippen molar-refractivity contribution >= 4 is 61.7 Å². The number of carbonyl (C=O) groups excluding carboxylic acids is 4. The van der Waals surface area contributed by atoms with Crippen molar-refractivity contribution in [2.75, 3.05) is 26.1 Å². The van der Waals surface area contributed by atoms with Crippen molar-refractivity contribution in [3.05, 3.63) is 43.1 Å². The molecule has 0 unspecified atom stereocenters. The van der Waals surface area contributed by atoms with Gasteiger partial charge in [0.1, 0.15) is 26.1 Å². The zero-order chi connectivity index (χ0) is 25.2. The van der Waals surface area contributed by atoms with Crippen molar-refractivity contribution in [1.29, 1.82) is 0 Å². The van der Waals surface area contributed by atoms with Crippen LogP contribution in [0.1, 0.15) is 47.8 Å². The van der Waals surface area contributed by atoms with Gasteiger partial charge in [-0.2, -0.15) is 0 Å². The first kappa shape index (κ1) is 25.1. The van der Waals surface area contributed by atoms with E-state index in [1.807, 2.05) is 0 Å². The van der Waals surface area contributed by atoms with Crippen molar-refractivity contribution < 1.29 is 33.4 Å². The van der Waals surface area contributed by atoms with Crippen molar-refractivity contribution in [3.8, 4) is 0 Å². The molecule has 180 valence electrons. The molecule has 0 aliphatic rings. The van der Waals surface area contributed by atoms with Crippen LogP contribution in [0.15, 0.2) is 11.1 Å². The van der Waals surface area contributed by atoms with Gasteiger partial charge in [-0.3, -0.25) is 14.2 Å². The summed E-state index contributed by atoms with van der Waals surface area (Å²) in [6, 6.07) is 0. The Morgan fingerprint density at radius 2 is 1.65 bits per heavy atom. The molecule has 13 heteroatoms. The normalized spacial score (nSPS) is 10.7. The fraction of sp³-hybridized carbons (Fsp3) is 0.333. The van der Waals surface area contributed by atoms with Gasteiger partial charge in [0, 0.05) is 0 Å². The molecule has 0 fully saturated rings. The van der Waals surface area contributed by atoms with Crippen molar-refractivity contribution in [2.45, 2.75) is 27.3 Å². The first-order valence-corrected chi connectivity index (χ1v) is 11.5. The maximum Gasteiger partial charge on any atom is 0.348 e. The van der Waals surface area contributed by atoms with E-state index in [4.69, 9.17) is 14.2 Å². The molecular weight excluding hydrogens is 486 g/mol. The van der Waals surface area contributed by atoms with E-state index in [1.54, 1.807) is 13.8 Å². The molecule has 3 aromatic rings. The van der Waals surface area contributed by atoms with E-state index in [9.17, 15) is 24.0 Å². The molecule has 0 atom stereocenters. The number of carbonyl (C=O) groups is 4. The topological polar surface area (TPSA) is 143 Å². The molecule has 1 amide bonds. The second-order valence-electron chi connectivity index (χ2n) is 6.93. The molecule has 0 aliphatic carbocycles. The number of ether oxygens (including phenoxy) is 3. The van der Waals surface area contributed by atoms with E-state index in [2.05, 4.69) is 10.3 Å². The molecule has 0 spiro atoms. The smallest absolute Gasteiger partial charge is 0.348 e. The highest BCUT2D eigenvalue weighted by Gasteiger charge is 2.27. The number of anilines is 1. The van der Waals surface area contributed by atoms with Gasteiger partial charge in [0.25, 0.3) is 5.56 Å². The highest BCUT2D eigenvalue weighted by molar-refractivity contribution is 7.20. The average Bonchev–Trinajstić information content (AvgIpc) is 3.31. The quantitative estimate of drug-likeness (QED) is 0.377. The number of methoxy groups -OCH3 is 2. The molecule has 0 aliphatic heterocycles. The number of aryl methyl sites for hydroxylation is 1. The van der Waals surface area contributed by atoms with E-state index >= 15 is 0 Å². The first-order chi connectivity index (χ1) is 16.1. The Balaban J connectivity index is 1.93. The van der Waals surface area contributed by atoms with Crippen molar-refractivity contribution in [2.24, 2.45) is 0 Å². The second-order valence-corrected chi connectivity index (χ2v) is 8.95. The average molecular weight is 508 g/mol. The third-order valence-electron chi connectivity index (χ3n) is 4.85. The van der Waals surface area contributed by atoms with Gasteiger partial charge in [-0.1, -0.05) is 0 Å². The summed E-state index contributed by atoms with van der Waals surface area (Å²) in [5, 5.41) is 2.87. The molecular formula is C21H21N3O8S2. The minimum Gasteiger partial charge on any atom is -0.465 e. The third kappa shape index (κ3) is 4.56. The van der Waals surface area contributed by atoms with Crippen LogP contribution in [-0.2, 0) is 25.5 Å². The molecule has 0 saturated heterocycles. The summed E-state index contributed by atoms with van der Waals surface area (Å²) < 4.78 is 15.6. The van der Waals surface area contributed by atoms with Crippen LogP contribution < -0.4 is 10.9 Å². The van der Waals surface area contributed by atoms with Gasteiger partial charge in [-0.05, 0) is 31.9 Å². The third-order valence-corrected chi connectivity index (χ3v) is 7.22. The van der Waals surface area contributed by atoms with E-state index in [0.717, 1.165) is 27.2 Å². The number of hydrogen-bond acceptors (Lipinski definition) is 11. The second kappa shape index (κ2) is 10.1. The van der Waals surface area contributed by atoms with E-state index in [1.165, 1.54) is 27.5 Å². The Kier molecular flexibility index (Phi) is 7.47. The minimum absolute atomic E-state index is 0.0231. The number of fused-ring (bicyclic) bond motifs is 1. The number of hydrogen-bond donors (Lipinski definition) is 1. The van der Waals surface area contributed by atoms with Crippen molar-refractivity contribution in [1.82, 2.24) is 9.55 Å². The molecule has 0 saturated carbocycles. The molecule has 3 aromatic heterocycles. The fourth-order valence-corrected chi connectivity index (χ4v) is 5.38. The zero-order valence-corrected chi connectivity index (χ0v) is 20.6. The van der Waals surface area contributed by atoms with Gasteiger partial charge in [-0.25, -0.2) is 19.4 Å². The van der Waals surface area contributed by atoms with Gasteiger partial charge >= 0.3 is 17.9 Å². The van der Waals surface area contributed by atoms with Crippen LogP contribution in [-0.4, -0.2) is 54.2 Å². The lowest BCUT2D eigenvalue weighted by Crippen LogP contribution is -2.28. The van der Waals surface area contributed by atoms with Crippen LogP contribution >= 0.6 is 22.7 Å². The standard InChI is InChI=1S/C21H21N3O8S2/c1-6-32-21(29)15-9(2)12-16(33-15)22-8-24(18(12)26)7-11(25)23-17-13(19(27)30-4)10(3)14(34-17)20(28)31-5/h8H,6-7H2,1-5H3,(H,23,25). The molecule has 3 rings (SSSR count). The van der Waals surface area contributed by atoms with Gasteiger partial charge in [-0.15, -0.1) is 22.7 Å². The zero-order valence-electron chi connectivity index (χ0n) is 19.0. The lowest BCUT2D eigenvalue weighted by atomic mass is 10.1. The predicted octanol–water partition coefficient (Wildman–Crippen LogP) is 2.52. The number of thiophene rings is 2. The minimum atomic E-state index is -0.736. The Morgan fingerprint density at radius 1 is 1.00 bits per heavy atom. The summed E-state index contributed by atoms with van der Waals surface area (Å²) in [7, 11) is 2.38. The number of rotatable bonds is 7. The lowest BCUT2D eigenvalue weighted by Gasteiger charge is -2.08. The predicted molar refractivity (Wildman–Crippen MR) is 125 cm³/mol. The number of aromatic nitrogens is 2. The summed E-state index contributed by atoms with van der Waals surface area (Å²) in [5.41, 5.74) is 0.250. The van der Waals surface area contributed by atoms with Crippen LogP contribution in [0.4, 0.5) is 5.00 Å². The SMILES string of the molecule is CCOC(=O)c1sc2ncn(CC(=O)Nc3sc(C(=O)OC)c(C)c3C(=O)OC)c(=O)c2c1C. The summed E-state index contributed by atoms with van der Waals surface area (Å²) in [6.07, 6.45) is 1.20. The summed E-state index contributed by atoms with van der Waals surface area (Å²) >= 11 is 1.90. The molecule has 1 N–H and O–H groups in total. The Bertz CT molecular complexity index is 1370. The molecule has 11 nitrogen and oxygen atoms in total. The lowest BCUT2D eigenvalue weighted by molar-refractivity contribution is -0.116. The van der Waals surface area contributed by atoms with E-state index < -0.39 is 35.9 Å². The van der Waals surface area contributed by atoms with Crippen LogP contribution in [0.5, 0.6) is 0 Å². The van der Waals surface area contributed by atoms with Crippen molar-refractivity contribution in [3.63, 3.8) is 0 Å². The maximum absolute atomic E-state index is 13.0. The molecule has 0 radical (unpaired) electrons. The summed E-state index contributed by atoms with van der Waals surface area (Å²) in [4.78, 5) is 67.1. The van der Waals surface area contributed by atoms with Gasteiger partial charge in [0.2, 0.25) is 5.91 Å². The van der Waals surface area contributed by atoms with E-state index in [-0.39, 0.29) is 32.3 Å². The highest BCUT2D eigenvalue weighted by Crippen LogP contribution is 2.34. The number of esters is 3. The largest absolute Gasteiger partial charge is 0.465 e. The number of amides is 1. The van der Waals surface area contributed by atoms with Gasteiger partial charge in [0.15, 0.2) is 0 Å². The molecule has 3 heterocycles. The van der Waals surface area contributed by atoms with Gasteiger partial charge < -0.3 is 19.5 Å². The summed E-state index contributed by atoms with van der Waals surface area (Å²) in [5.74, 6) is -2.58. The van der Waals surface area contributed by atoms with Crippen LogP contribution in [0.3, 0.4) is 0 Å². The van der Waals surface area contributed by atoms with Crippen LogP contribution in [0, 0.1) is 13.8 Å². The van der Waals surface area contributed by atoms with E-state index in [0.29, 0.717) is 16.0 Å². The van der Waals surface area contributed by atoms with Gasteiger partial charge in [0.05, 0.1) is 38.1 Å². The molecule has 34 heavy (non-hydrogen) atoms. The summed E-state index contributed by atoms with van der Waals surface area (Å²) in [6.45, 7) is 4.60. The molecule has 0 aromatic carbocycles. The Morgan fingerprint density at radius 3 is 2.26 bits per heavy atom. The molecule has 0 bridgehead atoms. The van der Waals surface area contributed by atoms with Crippen LogP contribution in [0.2, 0.25) is 0 Å². The first-order valence-electron chi connectivity index (χ1n) is 9.90. The Labute approximate surface area is 201 Å². The Hall–Kier alpha value is -3.58. The van der Waals surface area contributed by atoms with Crippen LogP contribution in [0.25, 0.3) is 10.2 Å². The number of nitrogens with zero attached hydrogens (tertiary/aromatic N) is 2. The highest BCUT2D eigenvalue weighted by atomic mass is 32.1. The fourth-order valence-electron chi connectivity index (χ4n) is 3.22. The monoisotopic (exact) mass is 507 g/mol. The number of nitrogens with one attached hydrogen (secondary N) is 1. The maximum atomic E-state index is 13.0.